The van der Waals surface area contributed by atoms with E-state index in [0.717, 1.165) is 23.9 Å². The highest BCUT2D eigenvalue weighted by Gasteiger charge is 2.31. The zero-order chi connectivity index (χ0) is 13.7. The molecule has 112 valence electrons. The largest absolute Gasteiger partial charge is 0.311 e. The van der Waals surface area contributed by atoms with Gasteiger partial charge in [-0.3, -0.25) is 4.90 Å². The Balaban J connectivity index is 1.90. The van der Waals surface area contributed by atoms with Crippen LogP contribution in [0.2, 0.25) is 0 Å². The fourth-order valence-electron chi connectivity index (χ4n) is 4.01. The Morgan fingerprint density at radius 3 is 2.53 bits per heavy atom. The lowest BCUT2D eigenvalue weighted by Crippen LogP contribution is -2.59. The smallest absolute Gasteiger partial charge is 0.0244 e. The molecule has 0 spiro atoms. The van der Waals surface area contributed by atoms with Crippen molar-refractivity contribution in [1.29, 1.82) is 0 Å². The van der Waals surface area contributed by atoms with Crippen LogP contribution in [-0.4, -0.2) is 36.6 Å². The summed E-state index contributed by atoms with van der Waals surface area (Å²) in [5.74, 6) is 1.76. The van der Waals surface area contributed by atoms with Crippen molar-refractivity contribution in [3.8, 4) is 0 Å². The quantitative estimate of drug-likeness (QED) is 0.817. The minimum Gasteiger partial charge on any atom is -0.311 e. The lowest BCUT2D eigenvalue weighted by molar-refractivity contribution is 0.0718. The van der Waals surface area contributed by atoms with E-state index < -0.39 is 0 Å². The molecule has 2 unspecified atom stereocenters. The number of piperazine rings is 1. The summed E-state index contributed by atoms with van der Waals surface area (Å²) in [6.45, 7) is 10.9. The van der Waals surface area contributed by atoms with Crippen molar-refractivity contribution in [3.05, 3.63) is 0 Å². The topological polar surface area (TPSA) is 15.3 Å². The molecular weight excluding hydrogens is 232 g/mol. The maximum Gasteiger partial charge on any atom is 0.0244 e. The first kappa shape index (κ1) is 15.3. The Kier molecular flexibility index (Phi) is 6.15. The Morgan fingerprint density at radius 1 is 1.16 bits per heavy atom. The summed E-state index contributed by atoms with van der Waals surface area (Å²) in [5.41, 5.74) is 0. The molecule has 0 aromatic carbocycles. The van der Waals surface area contributed by atoms with Crippen LogP contribution >= 0.6 is 0 Å². The number of rotatable bonds is 5. The third kappa shape index (κ3) is 4.46. The predicted octanol–water partition coefficient (Wildman–Crippen LogP) is 3.67. The molecule has 1 aliphatic carbocycles. The van der Waals surface area contributed by atoms with E-state index in [1.807, 2.05) is 0 Å². The van der Waals surface area contributed by atoms with Crippen LogP contribution in [0.3, 0.4) is 0 Å². The van der Waals surface area contributed by atoms with Crippen molar-refractivity contribution in [3.63, 3.8) is 0 Å². The summed E-state index contributed by atoms with van der Waals surface area (Å²) in [5, 5.41) is 3.78. The monoisotopic (exact) mass is 266 g/mol. The second-order valence-corrected chi connectivity index (χ2v) is 7.16. The first-order valence-electron chi connectivity index (χ1n) is 8.68. The summed E-state index contributed by atoms with van der Waals surface area (Å²) in [6.07, 6.45) is 10.0. The van der Waals surface area contributed by atoms with E-state index in [1.165, 1.54) is 64.6 Å². The Hall–Kier alpha value is -0.0800. The molecule has 0 amide bonds. The highest BCUT2D eigenvalue weighted by molar-refractivity contribution is 4.88. The van der Waals surface area contributed by atoms with Crippen molar-refractivity contribution < 1.29 is 0 Å². The van der Waals surface area contributed by atoms with Gasteiger partial charge in [-0.2, -0.15) is 0 Å². The SMILES string of the molecule is CCCC1CN(CC2CCCCC2)C(C(C)C)CN1. The highest BCUT2D eigenvalue weighted by atomic mass is 15.2. The normalized spacial score (nSPS) is 30.9. The van der Waals surface area contributed by atoms with Crippen molar-refractivity contribution in [2.45, 2.75) is 77.8 Å². The third-order valence-electron chi connectivity index (χ3n) is 5.16. The van der Waals surface area contributed by atoms with Gasteiger partial charge in [-0.15, -0.1) is 0 Å². The standard InChI is InChI=1S/C17H34N2/c1-4-8-16-13-19(17(11-18-16)14(2)3)12-15-9-6-5-7-10-15/h14-18H,4-13H2,1-3H3. The van der Waals surface area contributed by atoms with Crippen LogP contribution in [-0.2, 0) is 0 Å². The van der Waals surface area contributed by atoms with Crippen molar-refractivity contribution in [2.75, 3.05) is 19.6 Å². The van der Waals surface area contributed by atoms with E-state index in [-0.39, 0.29) is 0 Å². The van der Waals surface area contributed by atoms with Gasteiger partial charge < -0.3 is 5.32 Å². The molecule has 2 atom stereocenters. The summed E-state index contributed by atoms with van der Waals surface area (Å²) < 4.78 is 0. The van der Waals surface area contributed by atoms with E-state index in [1.54, 1.807) is 0 Å². The minimum absolute atomic E-state index is 0.739. The van der Waals surface area contributed by atoms with Crippen LogP contribution in [0.25, 0.3) is 0 Å². The van der Waals surface area contributed by atoms with Crippen LogP contribution in [0.5, 0.6) is 0 Å². The molecule has 2 fully saturated rings. The summed E-state index contributed by atoms with van der Waals surface area (Å²) in [6, 6.07) is 1.50. The van der Waals surface area contributed by atoms with E-state index in [2.05, 4.69) is 31.0 Å². The van der Waals surface area contributed by atoms with Crippen molar-refractivity contribution in [1.82, 2.24) is 10.2 Å². The fourth-order valence-corrected chi connectivity index (χ4v) is 4.01. The zero-order valence-electron chi connectivity index (χ0n) is 13.3. The summed E-state index contributed by atoms with van der Waals surface area (Å²) in [7, 11) is 0. The van der Waals surface area contributed by atoms with Gasteiger partial charge in [0, 0.05) is 31.7 Å². The van der Waals surface area contributed by atoms with Crippen LogP contribution in [0, 0.1) is 11.8 Å². The second kappa shape index (κ2) is 7.64. The highest BCUT2D eigenvalue weighted by Crippen LogP contribution is 2.27. The van der Waals surface area contributed by atoms with Crippen LogP contribution < -0.4 is 5.32 Å². The molecule has 2 rings (SSSR count). The number of hydrogen-bond acceptors (Lipinski definition) is 2. The van der Waals surface area contributed by atoms with E-state index in [9.17, 15) is 0 Å². The molecule has 2 aliphatic rings. The molecule has 2 nitrogen and oxygen atoms in total. The Morgan fingerprint density at radius 2 is 1.89 bits per heavy atom. The number of nitrogens with one attached hydrogen (secondary N) is 1. The number of nitrogens with zero attached hydrogens (tertiary/aromatic N) is 1. The molecule has 0 aromatic heterocycles. The lowest BCUT2D eigenvalue weighted by Gasteiger charge is -2.44. The molecule has 2 heteroatoms. The van der Waals surface area contributed by atoms with Gasteiger partial charge in [-0.05, 0) is 31.1 Å². The molecule has 19 heavy (non-hydrogen) atoms. The van der Waals surface area contributed by atoms with Gasteiger partial charge in [-0.1, -0.05) is 46.5 Å². The predicted molar refractivity (Wildman–Crippen MR) is 83.5 cm³/mol. The van der Waals surface area contributed by atoms with Gasteiger partial charge in [-0.25, -0.2) is 0 Å². The molecule has 1 saturated carbocycles. The molecule has 0 aromatic rings. The first-order valence-corrected chi connectivity index (χ1v) is 8.68. The first-order chi connectivity index (χ1) is 9.20. The number of hydrogen-bond donors (Lipinski definition) is 1. The van der Waals surface area contributed by atoms with Gasteiger partial charge in [0.05, 0.1) is 0 Å². The average Bonchev–Trinajstić information content (AvgIpc) is 2.40. The summed E-state index contributed by atoms with van der Waals surface area (Å²) >= 11 is 0. The van der Waals surface area contributed by atoms with Gasteiger partial charge in [0.2, 0.25) is 0 Å². The molecule has 1 saturated heterocycles. The molecule has 1 heterocycles. The van der Waals surface area contributed by atoms with Gasteiger partial charge in [0.15, 0.2) is 0 Å². The molecule has 1 aliphatic heterocycles. The maximum atomic E-state index is 3.78. The fraction of sp³-hybridized carbons (Fsp3) is 1.00. The molecule has 0 bridgehead atoms. The third-order valence-corrected chi connectivity index (χ3v) is 5.16. The Labute approximate surface area is 120 Å². The second-order valence-electron chi connectivity index (χ2n) is 7.16. The lowest BCUT2D eigenvalue weighted by atomic mass is 9.87. The van der Waals surface area contributed by atoms with Crippen molar-refractivity contribution in [2.24, 2.45) is 11.8 Å². The molecule has 0 radical (unpaired) electrons. The van der Waals surface area contributed by atoms with Crippen LogP contribution in [0.1, 0.15) is 65.7 Å². The maximum absolute atomic E-state index is 3.78. The van der Waals surface area contributed by atoms with Crippen LogP contribution in [0.4, 0.5) is 0 Å². The molecular formula is C17H34N2. The van der Waals surface area contributed by atoms with E-state index in [4.69, 9.17) is 0 Å². The average molecular weight is 266 g/mol. The van der Waals surface area contributed by atoms with E-state index in [0.29, 0.717) is 0 Å². The Bertz CT molecular complexity index is 246. The molecule has 1 N–H and O–H groups in total. The van der Waals surface area contributed by atoms with Crippen molar-refractivity contribution >= 4 is 0 Å². The van der Waals surface area contributed by atoms with Gasteiger partial charge in [0.25, 0.3) is 0 Å². The summed E-state index contributed by atoms with van der Waals surface area (Å²) in [4.78, 5) is 2.83. The van der Waals surface area contributed by atoms with E-state index >= 15 is 0 Å². The zero-order valence-corrected chi connectivity index (χ0v) is 13.3. The minimum atomic E-state index is 0.739. The van der Waals surface area contributed by atoms with Gasteiger partial charge in [0.1, 0.15) is 0 Å². The van der Waals surface area contributed by atoms with Crippen LogP contribution in [0.15, 0.2) is 0 Å². The van der Waals surface area contributed by atoms with Gasteiger partial charge >= 0.3 is 0 Å².